The first-order valence-corrected chi connectivity index (χ1v) is 10.1. The molecule has 4 aromatic rings. The van der Waals surface area contributed by atoms with Gasteiger partial charge >= 0.3 is 11.1 Å². The molecule has 0 saturated carbocycles. The SMILES string of the molecule is Cc1ccccc1OCCn1c(=O)c(=O)n(Cc2ccccc2)c2ccc(Cl)cc21. The Bertz CT molecular complexity index is 1310. The molecule has 0 unspecified atom stereocenters. The van der Waals surface area contributed by atoms with Crippen LogP contribution >= 0.6 is 11.6 Å². The maximum absolute atomic E-state index is 12.9. The lowest BCUT2D eigenvalue weighted by Gasteiger charge is -2.16. The number of aryl methyl sites for hydroxylation is 1. The van der Waals surface area contributed by atoms with Crippen LogP contribution in [0.3, 0.4) is 0 Å². The van der Waals surface area contributed by atoms with E-state index in [2.05, 4.69) is 0 Å². The van der Waals surface area contributed by atoms with Crippen LogP contribution in [-0.2, 0) is 13.1 Å². The van der Waals surface area contributed by atoms with Crippen LogP contribution in [0.5, 0.6) is 5.75 Å². The molecule has 3 aromatic carbocycles. The minimum absolute atomic E-state index is 0.241. The van der Waals surface area contributed by atoms with Crippen LogP contribution in [0, 0.1) is 6.92 Å². The summed E-state index contributed by atoms with van der Waals surface area (Å²) in [6, 6.07) is 22.5. The molecule has 0 aliphatic rings. The molecule has 0 N–H and O–H groups in total. The van der Waals surface area contributed by atoms with Gasteiger partial charge in [0, 0.05) is 5.02 Å². The van der Waals surface area contributed by atoms with Crippen LogP contribution in [0.15, 0.2) is 82.4 Å². The first-order valence-electron chi connectivity index (χ1n) is 9.70. The number of rotatable bonds is 6. The zero-order chi connectivity index (χ0) is 21.1. The minimum atomic E-state index is -0.589. The third kappa shape index (κ3) is 4.02. The minimum Gasteiger partial charge on any atom is -0.491 e. The quantitative estimate of drug-likeness (QED) is 0.438. The number of nitrogens with zero attached hydrogens (tertiary/aromatic N) is 2. The van der Waals surface area contributed by atoms with Crippen LogP contribution in [0.2, 0.25) is 5.02 Å². The Morgan fingerprint density at radius 1 is 0.833 bits per heavy atom. The summed E-state index contributed by atoms with van der Waals surface area (Å²) in [6.45, 7) is 2.77. The Balaban J connectivity index is 1.73. The molecule has 1 aromatic heterocycles. The summed E-state index contributed by atoms with van der Waals surface area (Å²) in [5, 5.41) is 0.500. The van der Waals surface area contributed by atoms with Crippen molar-refractivity contribution in [2.45, 2.75) is 20.0 Å². The lowest BCUT2D eigenvalue weighted by molar-refractivity contribution is 0.296. The molecule has 5 nitrogen and oxygen atoms in total. The molecule has 0 fully saturated rings. The van der Waals surface area contributed by atoms with Crippen LogP contribution in [-0.4, -0.2) is 15.7 Å². The van der Waals surface area contributed by atoms with E-state index in [4.69, 9.17) is 16.3 Å². The summed E-state index contributed by atoms with van der Waals surface area (Å²) in [7, 11) is 0. The Hall–Kier alpha value is -3.31. The molecule has 0 radical (unpaired) electrons. The average Bonchev–Trinajstić information content (AvgIpc) is 2.75. The molecular weight excluding hydrogens is 400 g/mol. The van der Waals surface area contributed by atoms with Gasteiger partial charge in [-0.25, -0.2) is 0 Å². The highest BCUT2D eigenvalue weighted by molar-refractivity contribution is 6.31. The molecule has 4 rings (SSSR count). The first kappa shape index (κ1) is 20.0. The van der Waals surface area contributed by atoms with Gasteiger partial charge in [-0.3, -0.25) is 18.7 Å². The number of hydrogen-bond acceptors (Lipinski definition) is 3. The van der Waals surface area contributed by atoms with Crippen molar-refractivity contribution >= 4 is 22.6 Å². The zero-order valence-electron chi connectivity index (χ0n) is 16.5. The molecule has 0 aliphatic heterocycles. The van der Waals surface area contributed by atoms with Gasteiger partial charge in [0.05, 0.1) is 24.1 Å². The Labute approximate surface area is 178 Å². The van der Waals surface area contributed by atoms with Gasteiger partial charge < -0.3 is 4.74 Å². The van der Waals surface area contributed by atoms with E-state index >= 15 is 0 Å². The van der Waals surface area contributed by atoms with E-state index in [1.165, 1.54) is 9.13 Å². The van der Waals surface area contributed by atoms with Crippen molar-refractivity contribution in [3.05, 3.63) is 110 Å². The number of hydrogen-bond donors (Lipinski definition) is 0. The lowest BCUT2D eigenvalue weighted by Crippen LogP contribution is -2.42. The number of halogens is 1. The van der Waals surface area contributed by atoms with Crippen molar-refractivity contribution in [2.75, 3.05) is 6.61 Å². The van der Waals surface area contributed by atoms with Crippen molar-refractivity contribution in [1.82, 2.24) is 9.13 Å². The Morgan fingerprint density at radius 3 is 2.30 bits per heavy atom. The molecule has 30 heavy (non-hydrogen) atoms. The molecule has 6 heteroatoms. The van der Waals surface area contributed by atoms with Gasteiger partial charge in [-0.15, -0.1) is 0 Å². The highest BCUT2D eigenvalue weighted by Gasteiger charge is 2.14. The normalized spacial score (nSPS) is 11.0. The number of fused-ring (bicyclic) bond motifs is 1. The van der Waals surface area contributed by atoms with E-state index in [-0.39, 0.29) is 13.2 Å². The molecule has 1 heterocycles. The monoisotopic (exact) mass is 420 g/mol. The van der Waals surface area contributed by atoms with Crippen molar-refractivity contribution in [2.24, 2.45) is 0 Å². The summed E-state index contributed by atoms with van der Waals surface area (Å²) < 4.78 is 8.79. The Morgan fingerprint density at radius 2 is 1.53 bits per heavy atom. The van der Waals surface area contributed by atoms with Gasteiger partial charge in [0.2, 0.25) is 0 Å². The molecular formula is C24H21ClN2O3. The second-order valence-corrected chi connectivity index (χ2v) is 7.52. The van der Waals surface area contributed by atoms with E-state index in [0.29, 0.717) is 22.6 Å². The van der Waals surface area contributed by atoms with Crippen molar-refractivity contribution in [3.63, 3.8) is 0 Å². The largest absolute Gasteiger partial charge is 0.491 e. The number of aromatic nitrogens is 2. The summed E-state index contributed by atoms with van der Waals surface area (Å²) >= 11 is 6.21. The molecule has 152 valence electrons. The number of para-hydroxylation sites is 1. The van der Waals surface area contributed by atoms with E-state index < -0.39 is 11.1 Å². The van der Waals surface area contributed by atoms with Crippen LogP contribution in [0.1, 0.15) is 11.1 Å². The Kier molecular flexibility index (Phi) is 5.72. The van der Waals surface area contributed by atoms with E-state index in [9.17, 15) is 9.59 Å². The lowest BCUT2D eigenvalue weighted by atomic mass is 10.2. The fourth-order valence-electron chi connectivity index (χ4n) is 3.50. The topological polar surface area (TPSA) is 53.2 Å². The van der Waals surface area contributed by atoms with Crippen molar-refractivity contribution < 1.29 is 4.74 Å². The predicted molar refractivity (Wildman–Crippen MR) is 120 cm³/mol. The summed E-state index contributed by atoms with van der Waals surface area (Å²) in [5.74, 6) is 0.755. The first-order chi connectivity index (χ1) is 14.5. The van der Waals surface area contributed by atoms with Crippen LogP contribution in [0.4, 0.5) is 0 Å². The third-order valence-electron chi connectivity index (χ3n) is 5.04. The van der Waals surface area contributed by atoms with Gasteiger partial charge in [0.15, 0.2) is 0 Å². The van der Waals surface area contributed by atoms with Crippen molar-refractivity contribution in [1.29, 1.82) is 0 Å². The highest BCUT2D eigenvalue weighted by atomic mass is 35.5. The van der Waals surface area contributed by atoms with Gasteiger partial charge in [-0.1, -0.05) is 60.1 Å². The second kappa shape index (κ2) is 8.59. The summed E-state index contributed by atoms with van der Waals surface area (Å²) in [6.07, 6.45) is 0. The third-order valence-corrected chi connectivity index (χ3v) is 5.28. The average molecular weight is 421 g/mol. The van der Waals surface area contributed by atoms with Gasteiger partial charge in [0.1, 0.15) is 12.4 Å². The smallest absolute Gasteiger partial charge is 0.317 e. The number of ether oxygens (including phenoxy) is 1. The molecule has 0 saturated heterocycles. The zero-order valence-corrected chi connectivity index (χ0v) is 17.3. The second-order valence-electron chi connectivity index (χ2n) is 7.08. The summed E-state index contributed by atoms with van der Waals surface area (Å²) in [5.41, 5.74) is 2.06. The van der Waals surface area contributed by atoms with E-state index in [1.807, 2.05) is 61.5 Å². The fourth-order valence-corrected chi connectivity index (χ4v) is 3.67. The molecule has 0 spiro atoms. The standard InChI is InChI=1S/C24H21ClN2O3/c1-17-7-5-6-10-22(17)30-14-13-26-21-15-19(25)11-12-20(21)27(24(29)23(26)28)16-18-8-3-2-4-9-18/h2-12,15H,13-14,16H2,1H3. The van der Waals surface area contributed by atoms with Crippen LogP contribution < -0.4 is 15.9 Å². The molecule has 0 atom stereocenters. The highest BCUT2D eigenvalue weighted by Crippen LogP contribution is 2.19. The molecule has 0 aliphatic carbocycles. The maximum atomic E-state index is 12.9. The maximum Gasteiger partial charge on any atom is 0.317 e. The van der Waals surface area contributed by atoms with E-state index in [1.54, 1.807) is 18.2 Å². The number of benzene rings is 3. The summed E-state index contributed by atoms with van der Waals surface area (Å²) in [4.78, 5) is 25.9. The van der Waals surface area contributed by atoms with Crippen LogP contribution in [0.25, 0.3) is 11.0 Å². The van der Waals surface area contributed by atoms with Gasteiger partial charge in [0.25, 0.3) is 0 Å². The van der Waals surface area contributed by atoms with E-state index in [0.717, 1.165) is 16.9 Å². The van der Waals surface area contributed by atoms with Crippen molar-refractivity contribution in [3.8, 4) is 5.75 Å². The molecule has 0 amide bonds. The molecule has 0 bridgehead atoms. The predicted octanol–water partition coefficient (Wildman–Crippen LogP) is 4.25. The van der Waals surface area contributed by atoms with Gasteiger partial charge in [-0.2, -0.15) is 0 Å². The van der Waals surface area contributed by atoms with Gasteiger partial charge in [-0.05, 0) is 42.3 Å². The fraction of sp³-hybridized carbons (Fsp3) is 0.167.